The van der Waals surface area contributed by atoms with Crippen LogP contribution in [0.1, 0.15) is 32.1 Å². The van der Waals surface area contributed by atoms with Crippen molar-refractivity contribution in [1.82, 2.24) is 15.0 Å². The van der Waals surface area contributed by atoms with E-state index in [1.165, 1.54) is 0 Å². The van der Waals surface area contributed by atoms with Gasteiger partial charge in [0.15, 0.2) is 0 Å². The van der Waals surface area contributed by atoms with Crippen LogP contribution in [0.5, 0.6) is 5.88 Å². The van der Waals surface area contributed by atoms with Crippen LogP contribution >= 0.6 is 13.5 Å². The molecule has 3 fully saturated rings. The standard InChI is InChI=1S/C29H31N7O4.H2S/c1-34(21-10-12-39-16-21)27-23(18-4-6-20(7-5-18)35-11-2-3-25(35)37)15-31-29(33-27)32-19-13-24-28(30-14-19)40-17-22-8-9-26(38)36(22)24;/h4-7,13-15,21-22H,2-3,8-12,16-17H2,1H3,(H,31,32,33);1H2/t21?,22-;/m0./s1. The summed E-state index contributed by atoms with van der Waals surface area (Å²) < 4.78 is 11.5. The molecule has 214 valence electrons. The van der Waals surface area contributed by atoms with Crippen LogP contribution < -0.4 is 24.8 Å². The lowest BCUT2D eigenvalue weighted by Gasteiger charge is -2.31. The maximum absolute atomic E-state index is 12.5. The van der Waals surface area contributed by atoms with Gasteiger partial charge in [-0.05, 0) is 43.0 Å². The summed E-state index contributed by atoms with van der Waals surface area (Å²) in [5, 5.41) is 3.28. The summed E-state index contributed by atoms with van der Waals surface area (Å²) in [6, 6.07) is 10.1. The Morgan fingerprint density at radius 2 is 1.88 bits per heavy atom. The largest absolute Gasteiger partial charge is 0.474 e. The number of aromatic nitrogens is 3. The van der Waals surface area contributed by atoms with Crippen LogP contribution in [0.4, 0.5) is 28.8 Å². The predicted molar refractivity (Wildman–Crippen MR) is 161 cm³/mol. The predicted octanol–water partition coefficient (Wildman–Crippen LogP) is 3.63. The summed E-state index contributed by atoms with van der Waals surface area (Å²) >= 11 is 0. The number of anilines is 5. The highest BCUT2D eigenvalue weighted by Gasteiger charge is 2.38. The van der Waals surface area contributed by atoms with Gasteiger partial charge in [0.05, 0.1) is 30.6 Å². The van der Waals surface area contributed by atoms with Crippen molar-refractivity contribution in [2.45, 2.75) is 44.2 Å². The van der Waals surface area contributed by atoms with Gasteiger partial charge in [0.2, 0.25) is 23.6 Å². The molecule has 3 saturated heterocycles. The lowest BCUT2D eigenvalue weighted by atomic mass is 10.1. The van der Waals surface area contributed by atoms with Crippen molar-refractivity contribution >= 4 is 54.1 Å². The average Bonchev–Trinajstić information content (AvgIpc) is 3.75. The quantitative estimate of drug-likeness (QED) is 0.471. The smallest absolute Gasteiger partial charge is 0.238 e. The van der Waals surface area contributed by atoms with Gasteiger partial charge in [-0.1, -0.05) is 12.1 Å². The SMILES string of the molecule is CN(c1nc(Nc2cnc3c(c2)N2C(=O)CC[C@H]2CO3)ncc1-c1ccc(N2CCCC2=O)cc1)C1CCOC1.S. The zero-order valence-electron chi connectivity index (χ0n) is 22.9. The minimum Gasteiger partial charge on any atom is -0.474 e. The van der Waals surface area contributed by atoms with Gasteiger partial charge in [-0.2, -0.15) is 18.5 Å². The maximum atomic E-state index is 12.5. The van der Waals surface area contributed by atoms with Gasteiger partial charge in [0, 0.05) is 50.5 Å². The number of benzene rings is 1. The molecule has 1 N–H and O–H groups in total. The monoisotopic (exact) mass is 575 g/mol. The van der Waals surface area contributed by atoms with E-state index in [0.29, 0.717) is 49.3 Å². The van der Waals surface area contributed by atoms with Crippen molar-refractivity contribution in [3.63, 3.8) is 0 Å². The van der Waals surface area contributed by atoms with Crippen molar-refractivity contribution in [2.75, 3.05) is 53.4 Å². The summed E-state index contributed by atoms with van der Waals surface area (Å²) in [6.45, 7) is 2.59. The van der Waals surface area contributed by atoms with Crippen molar-refractivity contribution in [3.8, 4) is 17.0 Å². The number of fused-ring (bicyclic) bond motifs is 3. The fraction of sp³-hybridized carbons (Fsp3) is 0.414. The zero-order valence-corrected chi connectivity index (χ0v) is 23.9. The van der Waals surface area contributed by atoms with E-state index in [0.717, 1.165) is 55.0 Å². The van der Waals surface area contributed by atoms with Gasteiger partial charge in [-0.15, -0.1) is 0 Å². The van der Waals surface area contributed by atoms with Gasteiger partial charge < -0.3 is 29.5 Å². The van der Waals surface area contributed by atoms with Crippen LogP contribution in [-0.2, 0) is 14.3 Å². The maximum Gasteiger partial charge on any atom is 0.238 e. The highest BCUT2D eigenvalue weighted by molar-refractivity contribution is 7.59. The lowest BCUT2D eigenvalue weighted by molar-refractivity contribution is -0.118. The van der Waals surface area contributed by atoms with Gasteiger partial charge >= 0.3 is 0 Å². The van der Waals surface area contributed by atoms with Crippen LogP contribution in [0.2, 0.25) is 0 Å². The number of likely N-dealkylation sites (N-methyl/N-ethyl adjacent to an activating group) is 1. The zero-order chi connectivity index (χ0) is 27.2. The Morgan fingerprint density at radius 1 is 1.02 bits per heavy atom. The van der Waals surface area contributed by atoms with Crippen LogP contribution in [0.3, 0.4) is 0 Å². The van der Waals surface area contributed by atoms with E-state index < -0.39 is 0 Å². The number of hydrogen-bond acceptors (Lipinski definition) is 9. The molecule has 0 radical (unpaired) electrons. The highest BCUT2D eigenvalue weighted by Crippen LogP contribution is 2.39. The van der Waals surface area contributed by atoms with E-state index in [2.05, 4.69) is 20.2 Å². The number of nitrogens with zero attached hydrogens (tertiary/aromatic N) is 6. The summed E-state index contributed by atoms with van der Waals surface area (Å²) in [6.07, 6.45) is 7.21. The number of rotatable bonds is 6. The highest BCUT2D eigenvalue weighted by atomic mass is 32.1. The third kappa shape index (κ3) is 5.06. The number of carbonyl (C=O) groups excluding carboxylic acids is 2. The van der Waals surface area contributed by atoms with Crippen molar-refractivity contribution < 1.29 is 19.1 Å². The Balaban J connectivity index is 0.00000302. The number of amides is 2. The molecule has 3 aromatic rings. The van der Waals surface area contributed by atoms with Crippen molar-refractivity contribution in [2.24, 2.45) is 0 Å². The van der Waals surface area contributed by atoms with E-state index in [4.69, 9.17) is 14.5 Å². The van der Waals surface area contributed by atoms with E-state index >= 15 is 0 Å². The number of nitrogens with one attached hydrogen (secondary N) is 1. The molecule has 4 aliphatic rings. The van der Waals surface area contributed by atoms with Crippen LogP contribution in [0.15, 0.2) is 42.7 Å². The van der Waals surface area contributed by atoms with Crippen LogP contribution in [0.25, 0.3) is 11.1 Å². The molecule has 0 bridgehead atoms. The third-order valence-electron chi connectivity index (χ3n) is 8.21. The molecule has 0 spiro atoms. The summed E-state index contributed by atoms with van der Waals surface area (Å²) in [5.74, 6) is 1.93. The molecule has 41 heavy (non-hydrogen) atoms. The van der Waals surface area contributed by atoms with Gasteiger partial charge in [-0.25, -0.2) is 9.97 Å². The normalized spacial score (nSPS) is 21.3. The Morgan fingerprint density at radius 3 is 2.63 bits per heavy atom. The molecular formula is C29H33N7O4S. The molecule has 1 unspecified atom stereocenters. The number of hydrogen-bond donors (Lipinski definition) is 1. The van der Waals surface area contributed by atoms with Crippen LogP contribution in [-0.4, -0.2) is 72.3 Å². The number of pyridine rings is 1. The fourth-order valence-electron chi connectivity index (χ4n) is 5.98. The molecule has 2 atom stereocenters. The van der Waals surface area contributed by atoms with Gasteiger partial charge in [0.1, 0.15) is 18.1 Å². The number of ether oxygens (including phenoxy) is 2. The molecule has 7 rings (SSSR count). The minimum atomic E-state index is 0. The average molecular weight is 576 g/mol. The Labute approximate surface area is 245 Å². The molecule has 0 aliphatic carbocycles. The van der Waals surface area contributed by atoms with E-state index in [9.17, 15) is 9.59 Å². The van der Waals surface area contributed by atoms with E-state index in [1.54, 1.807) is 11.1 Å². The first-order valence-electron chi connectivity index (χ1n) is 13.9. The summed E-state index contributed by atoms with van der Waals surface area (Å²) in [5.41, 5.74) is 4.12. The molecule has 4 aliphatic heterocycles. The summed E-state index contributed by atoms with van der Waals surface area (Å²) in [7, 11) is 2.03. The lowest BCUT2D eigenvalue weighted by Crippen LogP contribution is -2.40. The second-order valence-electron chi connectivity index (χ2n) is 10.7. The molecule has 2 aromatic heterocycles. The minimum absolute atomic E-state index is 0. The van der Waals surface area contributed by atoms with Crippen LogP contribution in [0, 0.1) is 0 Å². The first kappa shape index (κ1) is 27.3. The van der Waals surface area contributed by atoms with E-state index in [-0.39, 0.29) is 37.4 Å². The van der Waals surface area contributed by atoms with Crippen molar-refractivity contribution in [3.05, 3.63) is 42.7 Å². The van der Waals surface area contributed by atoms with Gasteiger partial charge in [0.25, 0.3) is 0 Å². The second-order valence-corrected chi connectivity index (χ2v) is 10.7. The molecule has 1 aromatic carbocycles. The number of carbonyl (C=O) groups is 2. The Bertz CT molecular complexity index is 1460. The molecule has 6 heterocycles. The topological polar surface area (TPSA) is 113 Å². The molecule has 2 amide bonds. The molecule has 0 saturated carbocycles. The Hall–Kier alpha value is -3.90. The van der Waals surface area contributed by atoms with E-state index in [1.807, 2.05) is 48.5 Å². The first-order valence-corrected chi connectivity index (χ1v) is 13.9. The molecule has 11 nitrogen and oxygen atoms in total. The molecular weight excluding hydrogens is 542 g/mol. The first-order chi connectivity index (χ1) is 19.5. The van der Waals surface area contributed by atoms with Crippen molar-refractivity contribution in [1.29, 1.82) is 0 Å². The fourth-order valence-corrected chi connectivity index (χ4v) is 5.98. The molecule has 12 heteroatoms. The third-order valence-corrected chi connectivity index (χ3v) is 8.21. The Kier molecular flexibility index (Phi) is 7.43. The summed E-state index contributed by atoms with van der Waals surface area (Å²) in [4.78, 5) is 44.6. The van der Waals surface area contributed by atoms with Gasteiger partial charge in [-0.3, -0.25) is 9.59 Å². The second kappa shape index (κ2) is 11.2.